The number of hydrogen-bond acceptors (Lipinski definition) is 5. The number of carbonyl (C=O) groups is 1. The first-order valence-electron chi connectivity index (χ1n) is 13.1. The minimum atomic E-state index is -0.792. The molecule has 206 valence electrons. The summed E-state index contributed by atoms with van der Waals surface area (Å²) in [4.78, 5) is 32.1. The smallest absolute Gasteiger partial charge is 0.338 e. The molecule has 9 heteroatoms. The number of halogens is 2. The van der Waals surface area contributed by atoms with Gasteiger partial charge in [0.1, 0.15) is 5.82 Å². The molecule has 1 aliphatic rings. The maximum absolute atomic E-state index is 14.0. The monoisotopic (exact) mass is 585 g/mol. The van der Waals surface area contributed by atoms with Gasteiger partial charge in [-0.25, -0.2) is 14.2 Å². The predicted octanol–water partition coefficient (Wildman–Crippen LogP) is 5.59. The number of allylic oxidation sites excluding steroid dienone is 1. The van der Waals surface area contributed by atoms with Crippen molar-refractivity contribution in [3.05, 3.63) is 137 Å². The van der Waals surface area contributed by atoms with Crippen molar-refractivity contribution in [3.8, 4) is 0 Å². The van der Waals surface area contributed by atoms with Crippen molar-refractivity contribution >= 4 is 45.9 Å². The number of carbonyl (C=O) groups excluding carboxylic acids is 1. The quantitative estimate of drug-likeness (QED) is 0.244. The highest BCUT2D eigenvalue weighted by Gasteiger charge is 2.33. The fourth-order valence-electron chi connectivity index (χ4n) is 5.20. The Hall–Kier alpha value is -4.27. The molecule has 0 amide bonds. The Morgan fingerprint density at radius 2 is 1.83 bits per heavy atom. The van der Waals surface area contributed by atoms with Crippen LogP contribution < -0.4 is 14.9 Å². The van der Waals surface area contributed by atoms with E-state index in [1.807, 2.05) is 60.8 Å². The van der Waals surface area contributed by atoms with Gasteiger partial charge in [-0.05, 0) is 61.4 Å². The van der Waals surface area contributed by atoms with Gasteiger partial charge in [0.05, 0.1) is 28.5 Å². The first-order chi connectivity index (χ1) is 19.8. The van der Waals surface area contributed by atoms with Crippen molar-refractivity contribution in [1.82, 2.24) is 9.13 Å². The van der Waals surface area contributed by atoms with Crippen LogP contribution in [-0.2, 0) is 16.1 Å². The van der Waals surface area contributed by atoms with Crippen molar-refractivity contribution in [3.63, 3.8) is 0 Å². The molecule has 3 heterocycles. The van der Waals surface area contributed by atoms with E-state index in [-0.39, 0.29) is 17.7 Å². The summed E-state index contributed by atoms with van der Waals surface area (Å²) in [5, 5.41) is 1.69. The number of aromatic nitrogens is 2. The molecule has 6 nitrogen and oxygen atoms in total. The Morgan fingerprint density at radius 1 is 1.10 bits per heavy atom. The van der Waals surface area contributed by atoms with Crippen molar-refractivity contribution in [2.45, 2.75) is 26.4 Å². The van der Waals surface area contributed by atoms with Gasteiger partial charge >= 0.3 is 5.97 Å². The Bertz CT molecular complexity index is 2000. The number of ether oxygens (including phenoxy) is 1. The van der Waals surface area contributed by atoms with E-state index < -0.39 is 17.8 Å². The largest absolute Gasteiger partial charge is 0.463 e. The predicted molar refractivity (Wildman–Crippen MR) is 159 cm³/mol. The van der Waals surface area contributed by atoms with E-state index in [0.717, 1.165) is 22.0 Å². The lowest BCUT2D eigenvalue weighted by molar-refractivity contribution is -0.139. The van der Waals surface area contributed by atoms with Crippen LogP contribution in [0, 0.1) is 5.82 Å². The second-order valence-electron chi connectivity index (χ2n) is 9.71. The van der Waals surface area contributed by atoms with Crippen molar-refractivity contribution in [2.24, 2.45) is 4.99 Å². The lowest BCUT2D eigenvalue weighted by atomic mass is 9.96. The van der Waals surface area contributed by atoms with E-state index in [1.54, 1.807) is 26.0 Å². The average Bonchev–Trinajstić information content (AvgIpc) is 3.46. The van der Waals surface area contributed by atoms with E-state index in [9.17, 15) is 14.0 Å². The average molecular weight is 586 g/mol. The van der Waals surface area contributed by atoms with Gasteiger partial charge in [0.2, 0.25) is 0 Å². The summed E-state index contributed by atoms with van der Waals surface area (Å²) in [5.74, 6) is -0.961. The molecule has 41 heavy (non-hydrogen) atoms. The molecule has 0 spiro atoms. The molecule has 3 aromatic carbocycles. The molecule has 0 N–H and O–H groups in total. The number of hydrogen-bond donors (Lipinski definition) is 0. The summed E-state index contributed by atoms with van der Waals surface area (Å²) < 4.78 is 23.3. The third-order valence-corrected chi connectivity index (χ3v) is 8.31. The van der Waals surface area contributed by atoms with Crippen LogP contribution in [0.15, 0.2) is 100 Å². The zero-order valence-corrected chi connectivity index (χ0v) is 23.9. The van der Waals surface area contributed by atoms with E-state index in [4.69, 9.17) is 16.3 Å². The zero-order chi connectivity index (χ0) is 28.7. The first kappa shape index (κ1) is 26.9. The van der Waals surface area contributed by atoms with Crippen LogP contribution in [0.5, 0.6) is 0 Å². The number of rotatable bonds is 6. The number of esters is 1. The van der Waals surface area contributed by atoms with Crippen LogP contribution in [0.1, 0.15) is 36.6 Å². The highest BCUT2D eigenvalue weighted by molar-refractivity contribution is 7.07. The highest BCUT2D eigenvalue weighted by Crippen LogP contribution is 2.31. The fourth-order valence-corrected chi connectivity index (χ4v) is 6.36. The molecule has 6 rings (SSSR count). The van der Waals surface area contributed by atoms with Crippen LogP contribution in [0.2, 0.25) is 5.02 Å². The first-order valence-corrected chi connectivity index (χ1v) is 14.3. The third kappa shape index (κ3) is 5.05. The van der Waals surface area contributed by atoms with Gasteiger partial charge in [0.15, 0.2) is 4.80 Å². The molecule has 0 radical (unpaired) electrons. The molecule has 1 atom stereocenters. The summed E-state index contributed by atoms with van der Waals surface area (Å²) in [6, 6.07) is 20.8. The van der Waals surface area contributed by atoms with Gasteiger partial charge in [0.25, 0.3) is 5.56 Å². The Kier molecular flexibility index (Phi) is 7.19. The highest BCUT2D eigenvalue weighted by atomic mass is 35.5. The van der Waals surface area contributed by atoms with Crippen molar-refractivity contribution < 1.29 is 13.9 Å². The molecular formula is C32H25ClFN3O3S. The maximum Gasteiger partial charge on any atom is 0.338 e. The van der Waals surface area contributed by atoms with E-state index >= 15 is 0 Å². The van der Waals surface area contributed by atoms with Gasteiger partial charge in [-0.1, -0.05) is 65.4 Å². The maximum atomic E-state index is 14.0. The van der Waals surface area contributed by atoms with Crippen LogP contribution >= 0.6 is 22.9 Å². The molecule has 0 aliphatic carbocycles. The van der Waals surface area contributed by atoms with E-state index in [1.165, 1.54) is 28.0 Å². The van der Waals surface area contributed by atoms with Crippen molar-refractivity contribution in [2.75, 3.05) is 6.61 Å². The summed E-state index contributed by atoms with van der Waals surface area (Å²) in [5.41, 5.74) is 4.05. The topological polar surface area (TPSA) is 65.6 Å². The van der Waals surface area contributed by atoms with Gasteiger partial charge < -0.3 is 9.30 Å². The summed E-state index contributed by atoms with van der Waals surface area (Å²) >= 11 is 7.33. The van der Waals surface area contributed by atoms with E-state index in [2.05, 4.69) is 9.56 Å². The summed E-state index contributed by atoms with van der Waals surface area (Å²) in [6.07, 6.45) is 3.90. The number of thiazole rings is 1. The Morgan fingerprint density at radius 3 is 2.56 bits per heavy atom. The Labute approximate surface area is 243 Å². The molecule has 0 saturated heterocycles. The number of nitrogens with zero attached hydrogens (tertiary/aromatic N) is 3. The van der Waals surface area contributed by atoms with E-state index in [0.29, 0.717) is 32.2 Å². The molecular weight excluding hydrogens is 561 g/mol. The number of fused-ring (bicyclic) bond motifs is 2. The van der Waals surface area contributed by atoms with Crippen molar-refractivity contribution in [1.29, 1.82) is 0 Å². The summed E-state index contributed by atoms with van der Waals surface area (Å²) in [7, 11) is 0. The zero-order valence-electron chi connectivity index (χ0n) is 22.3. The van der Waals surface area contributed by atoms with Gasteiger partial charge in [-0.15, -0.1) is 0 Å². The molecule has 1 aliphatic heterocycles. The van der Waals surface area contributed by atoms with Gasteiger partial charge in [-0.2, -0.15) is 0 Å². The van der Waals surface area contributed by atoms with Crippen LogP contribution in [0.25, 0.3) is 17.0 Å². The standard InChI is InChI=1S/C32H25ClFN3O3S/c1-3-40-31(39)28-19(2)35-32-37(29(28)21-10-14-24(34)15-11-21)30(38)27(41-32)16-22-18-36(26-7-5-4-6-25(22)26)17-20-8-12-23(33)13-9-20/h4-16,18,29H,3,17H2,1-2H3/b27-16-/t29-/m1/s1. The number of para-hydroxylation sites is 1. The van der Waals surface area contributed by atoms with Gasteiger partial charge in [0, 0.05) is 34.2 Å². The summed E-state index contributed by atoms with van der Waals surface area (Å²) in [6.45, 7) is 4.26. The minimum Gasteiger partial charge on any atom is -0.463 e. The number of benzene rings is 3. The van der Waals surface area contributed by atoms with Crippen LogP contribution in [0.4, 0.5) is 4.39 Å². The normalized spacial score (nSPS) is 15.2. The lowest BCUT2D eigenvalue weighted by Crippen LogP contribution is -2.39. The lowest BCUT2D eigenvalue weighted by Gasteiger charge is -2.24. The van der Waals surface area contributed by atoms with Gasteiger partial charge in [-0.3, -0.25) is 9.36 Å². The molecule has 0 saturated carbocycles. The molecule has 0 unspecified atom stereocenters. The van der Waals surface area contributed by atoms with Crippen LogP contribution in [-0.4, -0.2) is 21.7 Å². The molecule has 0 bridgehead atoms. The molecule has 0 fully saturated rings. The SMILES string of the molecule is CCOC(=O)C1=C(C)N=c2s/c(=C\c3cn(Cc4ccc(Cl)cc4)c4ccccc34)c(=O)n2[C@@H]1c1ccc(F)cc1. The molecule has 2 aromatic heterocycles. The third-order valence-electron chi connectivity index (χ3n) is 7.07. The fraction of sp³-hybridized carbons (Fsp3) is 0.156. The second-order valence-corrected chi connectivity index (χ2v) is 11.2. The van der Waals surface area contributed by atoms with Crippen LogP contribution in [0.3, 0.4) is 0 Å². The molecule has 5 aromatic rings. The second kappa shape index (κ2) is 11.0. The minimum absolute atomic E-state index is 0.177. The Balaban J connectivity index is 1.51.